The number of halogens is 1. The van der Waals surface area contributed by atoms with Crippen molar-refractivity contribution in [2.75, 3.05) is 0 Å². The van der Waals surface area contributed by atoms with Crippen LogP contribution in [0.1, 0.15) is 56.5 Å². The molecule has 0 spiro atoms. The molecular formula is C22H27F. The van der Waals surface area contributed by atoms with Crippen LogP contribution in [0.4, 0.5) is 4.39 Å². The van der Waals surface area contributed by atoms with E-state index >= 15 is 0 Å². The zero-order valence-corrected chi connectivity index (χ0v) is 13.8. The summed E-state index contributed by atoms with van der Waals surface area (Å²) in [5, 5.41) is 0. The number of hydrogen-bond acceptors (Lipinski definition) is 0. The fraction of sp³-hybridized carbons (Fsp3) is 0.455. The maximum atomic E-state index is 14.0. The summed E-state index contributed by atoms with van der Waals surface area (Å²) in [7, 11) is 0. The Morgan fingerprint density at radius 3 is 2.39 bits per heavy atom. The van der Waals surface area contributed by atoms with Crippen LogP contribution >= 0.6 is 0 Å². The van der Waals surface area contributed by atoms with Gasteiger partial charge >= 0.3 is 0 Å². The van der Waals surface area contributed by atoms with E-state index < -0.39 is 23.9 Å². The van der Waals surface area contributed by atoms with E-state index in [-0.39, 0.29) is 11.6 Å². The van der Waals surface area contributed by atoms with Crippen molar-refractivity contribution in [3.63, 3.8) is 0 Å². The smallest absolute Gasteiger partial charge is 0.123 e. The van der Waals surface area contributed by atoms with Gasteiger partial charge in [-0.15, -0.1) is 0 Å². The minimum absolute atomic E-state index is 0.0953. The zero-order valence-electron chi connectivity index (χ0n) is 17.8. The molecule has 1 saturated carbocycles. The third-order valence-corrected chi connectivity index (χ3v) is 5.22. The number of rotatable bonds is 5. The molecule has 0 saturated heterocycles. The highest BCUT2D eigenvalue weighted by Crippen LogP contribution is 2.33. The van der Waals surface area contributed by atoms with Crippen LogP contribution in [0.25, 0.3) is 11.1 Å². The Hall–Kier alpha value is -1.63. The van der Waals surface area contributed by atoms with Crippen LogP contribution in [0.3, 0.4) is 0 Å². The van der Waals surface area contributed by atoms with Crippen molar-refractivity contribution < 1.29 is 9.87 Å². The van der Waals surface area contributed by atoms with Gasteiger partial charge in [-0.2, -0.15) is 0 Å². The van der Waals surface area contributed by atoms with Crippen LogP contribution in [0, 0.1) is 17.7 Å². The monoisotopic (exact) mass is 314 g/mol. The molecule has 0 nitrogen and oxygen atoms in total. The average molecular weight is 314 g/mol. The van der Waals surface area contributed by atoms with Gasteiger partial charge < -0.3 is 0 Å². The summed E-state index contributed by atoms with van der Waals surface area (Å²) < 4.78 is 45.1. The molecule has 122 valence electrons. The van der Waals surface area contributed by atoms with Crippen LogP contribution in [0.2, 0.25) is 0 Å². The molecule has 0 unspecified atom stereocenters. The molecule has 0 aromatic heterocycles. The summed E-state index contributed by atoms with van der Waals surface area (Å²) in [6.45, 7) is 2.28. The molecule has 1 aliphatic carbocycles. The van der Waals surface area contributed by atoms with E-state index in [1.165, 1.54) is 44.1 Å². The fourth-order valence-corrected chi connectivity index (χ4v) is 3.60. The highest BCUT2D eigenvalue weighted by atomic mass is 19.1. The Morgan fingerprint density at radius 2 is 1.70 bits per heavy atom. The highest BCUT2D eigenvalue weighted by Gasteiger charge is 2.19. The second-order valence-electron chi connectivity index (χ2n) is 6.72. The largest absolute Gasteiger partial charge is 0.207 e. The lowest BCUT2D eigenvalue weighted by Crippen LogP contribution is -2.14. The van der Waals surface area contributed by atoms with Gasteiger partial charge in [0.05, 0.1) is 5.48 Å². The van der Waals surface area contributed by atoms with Crippen molar-refractivity contribution in [2.45, 2.75) is 51.9 Å². The molecule has 0 N–H and O–H groups in total. The van der Waals surface area contributed by atoms with Crippen molar-refractivity contribution >= 4 is 0 Å². The summed E-state index contributed by atoms with van der Waals surface area (Å²) in [5.74, 6) is 0.686. The minimum Gasteiger partial charge on any atom is -0.207 e. The third kappa shape index (κ3) is 4.43. The lowest BCUT2D eigenvalue weighted by molar-refractivity contribution is 0.259. The van der Waals surface area contributed by atoms with Gasteiger partial charge in [-0.3, -0.25) is 0 Å². The summed E-state index contributed by atoms with van der Waals surface area (Å²) in [4.78, 5) is 0. The van der Waals surface area contributed by atoms with E-state index in [0.717, 1.165) is 18.3 Å². The normalized spacial score (nSPS) is 23.7. The molecule has 3 rings (SSSR count). The predicted octanol–water partition coefficient (Wildman–Crippen LogP) is 6.64. The summed E-state index contributed by atoms with van der Waals surface area (Å²) in [6.07, 6.45) is 8.84. The zero-order chi connectivity index (χ0) is 19.6. The van der Waals surface area contributed by atoms with E-state index in [0.29, 0.717) is 5.56 Å². The van der Waals surface area contributed by atoms with Gasteiger partial charge in [0.1, 0.15) is 5.82 Å². The van der Waals surface area contributed by atoms with E-state index in [1.807, 2.05) is 12.1 Å². The van der Waals surface area contributed by atoms with Crippen molar-refractivity contribution in [3.05, 3.63) is 59.8 Å². The molecule has 1 heteroatoms. The van der Waals surface area contributed by atoms with Crippen molar-refractivity contribution in [3.8, 4) is 11.1 Å². The SMILES string of the molecule is [2H]c1c([2H])c(F)c([2H])c(-c2ccc(CCC3CCC(CC)CC3)cc2)c1[2H]. The number of aryl methyl sites for hydroxylation is 1. The number of hydrogen-bond donors (Lipinski definition) is 0. The van der Waals surface area contributed by atoms with E-state index in [1.54, 1.807) is 12.1 Å². The molecule has 0 aliphatic heterocycles. The molecule has 0 atom stereocenters. The maximum absolute atomic E-state index is 14.0. The van der Waals surface area contributed by atoms with E-state index in [4.69, 9.17) is 5.48 Å². The second-order valence-corrected chi connectivity index (χ2v) is 6.72. The average Bonchev–Trinajstić information content (AvgIpc) is 2.70. The molecule has 0 radical (unpaired) electrons. The topological polar surface area (TPSA) is 0 Å². The second kappa shape index (κ2) is 7.77. The van der Waals surface area contributed by atoms with Crippen LogP contribution in [-0.2, 0) is 6.42 Å². The lowest BCUT2D eigenvalue weighted by atomic mass is 9.78. The molecule has 0 amide bonds. The van der Waals surface area contributed by atoms with Gasteiger partial charge in [0, 0.05) is 0 Å². The Labute approximate surface area is 145 Å². The van der Waals surface area contributed by atoms with Crippen LogP contribution < -0.4 is 0 Å². The summed E-state index contributed by atoms with van der Waals surface area (Å²) in [5.41, 5.74) is 1.86. The molecule has 23 heavy (non-hydrogen) atoms. The molecule has 2 aromatic rings. The summed E-state index contributed by atoms with van der Waals surface area (Å²) >= 11 is 0. The summed E-state index contributed by atoms with van der Waals surface area (Å²) in [6, 6.07) is 5.68. The number of benzene rings is 2. The molecule has 0 heterocycles. The van der Waals surface area contributed by atoms with Gasteiger partial charge in [-0.25, -0.2) is 4.39 Å². The standard InChI is InChI=1S/C22H27F/c1-2-17-6-8-18(9-7-17)10-11-19-12-14-20(15-13-19)21-4-3-5-22(23)16-21/h3-5,12-18H,2,6-11H2,1H3/i3D,4D,5D,16D. The van der Waals surface area contributed by atoms with Crippen LogP contribution in [-0.4, -0.2) is 0 Å². The van der Waals surface area contributed by atoms with Crippen molar-refractivity contribution in [1.82, 2.24) is 0 Å². The Balaban J connectivity index is 1.70. The lowest BCUT2D eigenvalue weighted by Gasteiger charge is -2.27. The van der Waals surface area contributed by atoms with Gasteiger partial charge in [0.15, 0.2) is 0 Å². The predicted molar refractivity (Wildman–Crippen MR) is 95.9 cm³/mol. The first-order valence-corrected chi connectivity index (χ1v) is 8.77. The minimum atomic E-state index is -1.03. The first kappa shape index (κ1) is 11.8. The Morgan fingerprint density at radius 1 is 1.00 bits per heavy atom. The van der Waals surface area contributed by atoms with Crippen molar-refractivity contribution in [1.29, 1.82) is 0 Å². The fourth-order valence-electron chi connectivity index (χ4n) is 3.60. The van der Waals surface area contributed by atoms with Gasteiger partial charge in [0.25, 0.3) is 0 Å². The quantitative estimate of drug-likeness (QED) is 0.580. The maximum Gasteiger partial charge on any atom is 0.123 e. The molecule has 2 aromatic carbocycles. The van der Waals surface area contributed by atoms with Crippen LogP contribution in [0.15, 0.2) is 48.4 Å². The van der Waals surface area contributed by atoms with E-state index in [2.05, 4.69) is 6.92 Å². The molecule has 1 fully saturated rings. The first-order chi connectivity index (χ1) is 12.9. The molecular weight excluding hydrogens is 283 g/mol. The van der Waals surface area contributed by atoms with E-state index in [9.17, 15) is 4.39 Å². The van der Waals surface area contributed by atoms with Gasteiger partial charge in [0.2, 0.25) is 0 Å². The van der Waals surface area contributed by atoms with Crippen LogP contribution in [0.5, 0.6) is 0 Å². The van der Waals surface area contributed by atoms with Crippen molar-refractivity contribution in [2.24, 2.45) is 11.8 Å². The molecule has 0 bridgehead atoms. The Kier molecular flexibility index (Phi) is 4.00. The Bertz CT molecular complexity index is 764. The van der Waals surface area contributed by atoms with Gasteiger partial charge in [-0.1, -0.05) is 75.4 Å². The third-order valence-electron chi connectivity index (χ3n) is 5.22. The highest BCUT2D eigenvalue weighted by molar-refractivity contribution is 5.63. The molecule has 1 aliphatic rings. The van der Waals surface area contributed by atoms with Gasteiger partial charge in [-0.05, 0) is 53.5 Å². The first-order valence-electron chi connectivity index (χ1n) is 10.8.